The largest absolute Gasteiger partial charge is 0.454 e. The van der Waals surface area contributed by atoms with Crippen LogP contribution in [0.1, 0.15) is 34.5 Å². The maximum absolute atomic E-state index is 12.7. The maximum atomic E-state index is 12.7. The van der Waals surface area contributed by atoms with E-state index in [1.807, 2.05) is 24.3 Å². The summed E-state index contributed by atoms with van der Waals surface area (Å²) in [7, 11) is 0. The summed E-state index contributed by atoms with van der Waals surface area (Å²) in [6.45, 7) is 2.71. The summed E-state index contributed by atoms with van der Waals surface area (Å²) in [5.74, 6) is 1.03. The molecule has 8 nitrogen and oxygen atoms in total. The van der Waals surface area contributed by atoms with Gasteiger partial charge in [-0.2, -0.15) is 5.26 Å². The number of nitrogens with zero attached hydrogens (tertiary/aromatic N) is 2. The third-order valence-electron chi connectivity index (χ3n) is 5.93. The number of carbonyl (C=O) groups excluding carboxylic acids is 1. The molecule has 0 atom stereocenters. The van der Waals surface area contributed by atoms with Crippen LogP contribution in [0.2, 0.25) is 5.02 Å². The minimum Gasteiger partial charge on any atom is -0.454 e. The van der Waals surface area contributed by atoms with Crippen LogP contribution in [0.5, 0.6) is 11.5 Å². The number of fused-ring (bicyclic) bond motifs is 2. The first-order valence-corrected chi connectivity index (χ1v) is 11.0. The number of amides is 1. The molecule has 1 aromatic heterocycles. The molecule has 2 aromatic carbocycles. The second-order valence-electron chi connectivity index (χ2n) is 8.13. The van der Waals surface area contributed by atoms with Gasteiger partial charge in [0.05, 0.1) is 16.0 Å². The van der Waals surface area contributed by atoms with Gasteiger partial charge in [-0.3, -0.25) is 14.5 Å². The molecule has 0 bridgehead atoms. The molecule has 1 N–H and O–H groups in total. The van der Waals surface area contributed by atoms with Crippen molar-refractivity contribution in [2.75, 3.05) is 19.9 Å². The van der Waals surface area contributed by atoms with Gasteiger partial charge in [0.2, 0.25) is 6.79 Å². The van der Waals surface area contributed by atoms with Crippen LogP contribution in [0.3, 0.4) is 0 Å². The number of carbonyl (C=O) groups is 1. The maximum Gasteiger partial charge on any atom is 0.287 e. The number of rotatable bonds is 4. The van der Waals surface area contributed by atoms with Crippen LogP contribution >= 0.6 is 11.6 Å². The number of halogens is 1. The second kappa shape index (κ2) is 8.77. The molecule has 0 spiro atoms. The van der Waals surface area contributed by atoms with Crippen LogP contribution in [0, 0.1) is 11.3 Å². The van der Waals surface area contributed by atoms with Crippen molar-refractivity contribution in [2.24, 2.45) is 0 Å². The lowest BCUT2D eigenvalue weighted by Gasteiger charge is -2.32. The van der Waals surface area contributed by atoms with Gasteiger partial charge >= 0.3 is 0 Å². The van der Waals surface area contributed by atoms with E-state index in [9.17, 15) is 9.59 Å². The molecule has 2 aliphatic rings. The van der Waals surface area contributed by atoms with Crippen molar-refractivity contribution in [3.63, 3.8) is 0 Å². The zero-order valence-electron chi connectivity index (χ0n) is 17.6. The summed E-state index contributed by atoms with van der Waals surface area (Å²) in [6, 6.07) is 11.8. The van der Waals surface area contributed by atoms with Gasteiger partial charge in [0, 0.05) is 37.8 Å². The summed E-state index contributed by atoms with van der Waals surface area (Å²) < 4.78 is 16.4. The van der Waals surface area contributed by atoms with E-state index >= 15 is 0 Å². The molecule has 2 aliphatic heterocycles. The van der Waals surface area contributed by atoms with Crippen LogP contribution in [-0.4, -0.2) is 36.7 Å². The van der Waals surface area contributed by atoms with Crippen LogP contribution < -0.4 is 20.2 Å². The van der Waals surface area contributed by atoms with Gasteiger partial charge in [-0.1, -0.05) is 17.7 Å². The summed E-state index contributed by atoms with van der Waals surface area (Å²) >= 11 is 6.04. The van der Waals surface area contributed by atoms with Gasteiger partial charge in [0.25, 0.3) is 5.91 Å². The number of likely N-dealkylation sites (tertiary alicyclic amines) is 1. The van der Waals surface area contributed by atoms with E-state index in [4.69, 9.17) is 30.8 Å². The van der Waals surface area contributed by atoms with Gasteiger partial charge in [-0.05, 0) is 36.6 Å². The highest BCUT2D eigenvalue weighted by atomic mass is 35.5. The van der Waals surface area contributed by atoms with Crippen LogP contribution in [-0.2, 0) is 6.54 Å². The van der Waals surface area contributed by atoms with Crippen molar-refractivity contribution in [2.45, 2.75) is 25.4 Å². The number of ether oxygens (including phenoxy) is 2. The SMILES string of the molecule is N#Cc1cc2c(=O)cc(C(=O)NC3CCN(Cc4ccc5c(c4)OCO5)CC3)oc2cc1Cl. The van der Waals surface area contributed by atoms with Gasteiger partial charge in [0.1, 0.15) is 11.7 Å². The Bertz CT molecular complexity index is 1340. The first-order chi connectivity index (χ1) is 16.0. The van der Waals surface area contributed by atoms with Crippen LogP contribution in [0.15, 0.2) is 45.6 Å². The normalized spacial score (nSPS) is 16.0. The highest BCUT2D eigenvalue weighted by Gasteiger charge is 2.23. The first kappa shape index (κ1) is 21.3. The van der Waals surface area contributed by atoms with E-state index < -0.39 is 11.3 Å². The quantitative estimate of drug-likeness (QED) is 0.629. The predicted octanol–water partition coefficient (Wildman–Crippen LogP) is 3.44. The molecule has 1 fully saturated rings. The Morgan fingerprint density at radius 2 is 1.94 bits per heavy atom. The van der Waals surface area contributed by atoms with Gasteiger partial charge in [-0.15, -0.1) is 0 Å². The lowest BCUT2D eigenvalue weighted by atomic mass is 10.0. The molecule has 9 heteroatoms. The van der Waals surface area contributed by atoms with E-state index in [0.29, 0.717) is 0 Å². The number of hydrogen-bond donors (Lipinski definition) is 1. The van der Waals surface area contributed by atoms with Crippen molar-refractivity contribution < 1.29 is 18.7 Å². The number of nitrogens with one attached hydrogen (secondary N) is 1. The molecule has 5 rings (SSSR count). The van der Waals surface area contributed by atoms with Crippen molar-refractivity contribution in [1.29, 1.82) is 5.26 Å². The number of hydrogen-bond acceptors (Lipinski definition) is 7. The summed E-state index contributed by atoms with van der Waals surface area (Å²) in [5.41, 5.74) is 1.11. The molecule has 1 amide bonds. The summed E-state index contributed by atoms with van der Waals surface area (Å²) in [6.07, 6.45) is 1.57. The van der Waals surface area contributed by atoms with E-state index in [2.05, 4.69) is 10.2 Å². The molecule has 168 valence electrons. The summed E-state index contributed by atoms with van der Waals surface area (Å²) in [5, 5.41) is 12.4. The third kappa shape index (κ3) is 4.38. The Labute approximate surface area is 194 Å². The standard InChI is InChI=1S/C24H20ClN3O5/c25-18-9-21-17(8-15(18)11-26)19(29)10-23(33-21)24(30)27-16-3-5-28(6-4-16)12-14-1-2-20-22(7-14)32-13-31-20/h1-2,7-10,16H,3-6,12-13H2,(H,27,30). The lowest BCUT2D eigenvalue weighted by Crippen LogP contribution is -2.44. The Morgan fingerprint density at radius 3 is 2.73 bits per heavy atom. The van der Waals surface area contributed by atoms with Crippen molar-refractivity contribution >= 4 is 28.5 Å². The van der Waals surface area contributed by atoms with Crippen LogP contribution in [0.4, 0.5) is 0 Å². The molecule has 0 saturated carbocycles. The molecule has 0 aliphatic carbocycles. The highest BCUT2D eigenvalue weighted by molar-refractivity contribution is 6.32. The Kier molecular flexibility index (Phi) is 5.67. The van der Waals surface area contributed by atoms with Crippen molar-refractivity contribution in [3.8, 4) is 17.6 Å². The smallest absolute Gasteiger partial charge is 0.287 e. The lowest BCUT2D eigenvalue weighted by molar-refractivity contribution is 0.0881. The van der Waals surface area contributed by atoms with Crippen LogP contribution in [0.25, 0.3) is 11.0 Å². The number of benzene rings is 2. The minimum atomic E-state index is -0.441. The molecule has 0 radical (unpaired) electrons. The van der Waals surface area contributed by atoms with Gasteiger partial charge in [0.15, 0.2) is 22.7 Å². The van der Waals surface area contributed by atoms with Gasteiger partial charge < -0.3 is 19.2 Å². The zero-order chi connectivity index (χ0) is 22.9. The number of piperidine rings is 1. The van der Waals surface area contributed by atoms with E-state index in [-0.39, 0.29) is 40.2 Å². The van der Waals surface area contributed by atoms with E-state index in [1.54, 1.807) is 0 Å². The molecular weight excluding hydrogens is 446 g/mol. The van der Waals surface area contributed by atoms with Gasteiger partial charge in [-0.25, -0.2) is 0 Å². The molecule has 3 aromatic rings. The molecule has 3 heterocycles. The first-order valence-electron chi connectivity index (χ1n) is 10.6. The molecule has 0 unspecified atom stereocenters. The van der Waals surface area contributed by atoms with E-state index in [1.165, 1.54) is 12.1 Å². The molecular formula is C24H20ClN3O5. The topological polar surface area (TPSA) is 105 Å². The highest BCUT2D eigenvalue weighted by Crippen LogP contribution is 2.33. The zero-order valence-corrected chi connectivity index (χ0v) is 18.4. The fourth-order valence-electron chi connectivity index (χ4n) is 4.16. The van der Waals surface area contributed by atoms with Crippen molar-refractivity contribution in [3.05, 3.63) is 68.5 Å². The summed E-state index contributed by atoms with van der Waals surface area (Å²) in [4.78, 5) is 27.5. The Balaban J connectivity index is 1.21. The Morgan fingerprint density at radius 1 is 1.15 bits per heavy atom. The Hall–Kier alpha value is -3.54. The van der Waals surface area contributed by atoms with E-state index in [0.717, 1.165) is 55.6 Å². The monoisotopic (exact) mass is 465 g/mol. The average Bonchev–Trinajstić information content (AvgIpc) is 3.28. The minimum absolute atomic E-state index is 0.0175. The fraction of sp³-hybridized carbons (Fsp3) is 0.292. The third-order valence-corrected chi connectivity index (χ3v) is 6.24. The molecule has 33 heavy (non-hydrogen) atoms. The second-order valence-corrected chi connectivity index (χ2v) is 8.53. The fourth-order valence-corrected chi connectivity index (χ4v) is 4.36. The molecule has 1 saturated heterocycles. The van der Waals surface area contributed by atoms with Crippen molar-refractivity contribution in [1.82, 2.24) is 10.2 Å². The average molecular weight is 466 g/mol. The number of nitriles is 1. The predicted molar refractivity (Wildman–Crippen MR) is 121 cm³/mol.